The highest BCUT2D eigenvalue weighted by Crippen LogP contribution is 2.19. The first-order valence-electron chi connectivity index (χ1n) is 6.35. The van der Waals surface area contributed by atoms with Gasteiger partial charge in [0.25, 0.3) is 5.91 Å². The average Bonchev–Trinajstić information content (AvgIpc) is 2.42. The first-order chi connectivity index (χ1) is 9.19. The normalized spacial score (nSPS) is 10.3. The van der Waals surface area contributed by atoms with Crippen LogP contribution in [-0.2, 0) is 4.74 Å². The molecule has 0 aliphatic rings. The van der Waals surface area contributed by atoms with E-state index >= 15 is 0 Å². The summed E-state index contributed by atoms with van der Waals surface area (Å²) in [6, 6.07) is 1.62. The van der Waals surface area contributed by atoms with Gasteiger partial charge in [0.05, 0.1) is 10.6 Å². The average molecular weight is 286 g/mol. The van der Waals surface area contributed by atoms with Gasteiger partial charge < -0.3 is 15.4 Å². The van der Waals surface area contributed by atoms with Crippen molar-refractivity contribution in [3.8, 4) is 0 Å². The monoisotopic (exact) mass is 285 g/mol. The van der Waals surface area contributed by atoms with Crippen molar-refractivity contribution < 1.29 is 9.53 Å². The molecular weight excluding hydrogens is 266 g/mol. The largest absolute Gasteiger partial charge is 0.385 e. The van der Waals surface area contributed by atoms with Gasteiger partial charge in [0, 0.05) is 33.0 Å². The molecule has 106 valence electrons. The number of rotatable bonds is 8. The smallest absolute Gasteiger partial charge is 0.252 e. The molecule has 0 saturated heterocycles. The molecule has 2 N–H and O–H groups in total. The summed E-state index contributed by atoms with van der Waals surface area (Å²) in [5.74, 6) is 0.437. The topological polar surface area (TPSA) is 63.2 Å². The van der Waals surface area contributed by atoms with E-state index in [9.17, 15) is 4.79 Å². The second kappa shape index (κ2) is 8.72. The van der Waals surface area contributed by atoms with Crippen LogP contribution in [0.4, 0.5) is 5.82 Å². The van der Waals surface area contributed by atoms with Gasteiger partial charge in [-0.05, 0) is 18.9 Å². The van der Waals surface area contributed by atoms with Crippen molar-refractivity contribution in [1.29, 1.82) is 0 Å². The molecule has 0 fully saturated rings. The van der Waals surface area contributed by atoms with E-state index in [1.165, 1.54) is 6.20 Å². The molecule has 0 unspecified atom stereocenters. The van der Waals surface area contributed by atoms with Crippen molar-refractivity contribution in [2.45, 2.75) is 19.8 Å². The molecule has 0 aromatic carbocycles. The number of methoxy groups -OCH3 is 1. The number of aromatic nitrogens is 1. The highest BCUT2D eigenvalue weighted by molar-refractivity contribution is 6.33. The summed E-state index contributed by atoms with van der Waals surface area (Å²) in [6.07, 6.45) is 3.29. The summed E-state index contributed by atoms with van der Waals surface area (Å²) in [5, 5.41) is 6.34. The Kier molecular flexibility index (Phi) is 7.22. The molecule has 6 heteroatoms. The Morgan fingerprint density at radius 1 is 1.47 bits per heavy atom. The van der Waals surface area contributed by atoms with Crippen LogP contribution in [0, 0.1) is 0 Å². The van der Waals surface area contributed by atoms with Crippen LogP contribution in [0.5, 0.6) is 0 Å². The van der Waals surface area contributed by atoms with E-state index in [0.29, 0.717) is 29.6 Å². The number of ether oxygens (including phenoxy) is 1. The van der Waals surface area contributed by atoms with Gasteiger partial charge in [-0.25, -0.2) is 4.98 Å². The number of hydrogen-bond acceptors (Lipinski definition) is 4. The quantitative estimate of drug-likeness (QED) is 0.720. The Morgan fingerprint density at radius 3 is 2.89 bits per heavy atom. The van der Waals surface area contributed by atoms with E-state index in [0.717, 1.165) is 19.4 Å². The maximum absolute atomic E-state index is 11.8. The number of pyridine rings is 1. The summed E-state index contributed by atoms with van der Waals surface area (Å²) >= 11 is 6.07. The van der Waals surface area contributed by atoms with Crippen LogP contribution in [0.2, 0.25) is 5.02 Å². The van der Waals surface area contributed by atoms with E-state index in [-0.39, 0.29) is 5.91 Å². The van der Waals surface area contributed by atoms with Gasteiger partial charge in [0.15, 0.2) is 0 Å². The molecule has 5 nitrogen and oxygen atoms in total. The van der Waals surface area contributed by atoms with E-state index in [4.69, 9.17) is 16.3 Å². The Labute approximate surface area is 118 Å². The Hall–Kier alpha value is -1.33. The third-order valence-corrected chi connectivity index (χ3v) is 2.74. The molecule has 0 saturated carbocycles. The summed E-state index contributed by atoms with van der Waals surface area (Å²) in [4.78, 5) is 16.0. The van der Waals surface area contributed by atoms with Crippen LogP contribution in [0.15, 0.2) is 12.3 Å². The molecule has 1 heterocycles. The summed E-state index contributed by atoms with van der Waals surface area (Å²) in [7, 11) is 1.63. The van der Waals surface area contributed by atoms with Crippen molar-refractivity contribution in [2.75, 3.05) is 32.1 Å². The van der Waals surface area contributed by atoms with E-state index in [1.807, 2.05) is 0 Å². The van der Waals surface area contributed by atoms with Gasteiger partial charge in [-0.2, -0.15) is 0 Å². The SMILES string of the molecule is CCCNc1ncc(C(=O)NCCCOC)cc1Cl. The van der Waals surface area contributed by atoms with Gasteiger partial charge >= 0.3 is 0 Å². The molecular formula is C13H20ClN3O2. The van der Waals surface area contributed by atoms with Crippen molar-refractivity contribution in [2.24, 2.45) is 0 Å². The van der Waals surface area contributed by atoms with E-state index in [1.54, 1.807) is 13.2 Å². The summed E-state index contributed by atoms with van der Waals surface area (Å²) in [5.41, 5.74) is 0.462. The molecule has 0 spiro atoms. The highest BCUT2D eigenvalue weighted by atomic mass is 35.5. The predicted octanol–water partition coefficient (Wildman–Crippen LogP) is 2.32. The number of carbonyl (C=O) groups is 1. The second-order valence-corrected chi connectivity index (χ2v) is 4.49. The molecule has 0 atom stereocenters. The lowest BCUT2D eigenvalue weighted by molar-refractivity contribution is 0.0948. The molecule has 1 aromatic heterocycles. The molecule has 0 aliphatic heterocycles. The standard InChI is InChI=1S/C13H20ClN3O2/c1-3-5-15-12-11(14)8-10(9-17-12)13(18)16-6-4-7-19-2/h8-9H,3-7H2,1-2H3,(H,15,17)(H,16,18). The number of amides is 1. The molecule has 1 rings (SSSR count). The van der Waals surface area contributed by atoms with Crippen molar-refractivity contribution >= 4 is 23.3 Å². The van der Waals surface area contributed by atoms with Crippen LogP contribution in [-0.4, -0.2) is 37.7 Å². The van der Waals surface area contributed by atoms with Crippen molar-refractivity contribution in [3.63, 3.8) is 0 Å². The molecule has 1 amide bonds. The fourth-order valence-corrected chi connectivity index (χ4v) is 1.69. The minimum Gasteiger partial charge on any atom is -0.385 e. The summed E-state index contributed by atoms with van der Waals surface area (Å²) < 4.78 is 4.91. The van der Waals surface area contributed by atoms with Gasteiger partial charge in [-0.15, -0.1) is 0 Å². The van der Waals surface area contributed by atoms with Crippen LogP contribution in [0.1, 0.15) is 30.1 Å². The maximum atomic E-state index is 11.8. The minimum atomic E-state index is -0.174. The molecule has 0 radical (unpaired) electrons. The zero-order valence-electron chi connectivity index (χ0n) is 11.3. The first-order valence-corrected chi connectivity index (χ1v) is 6.73. The second-order valence-electron chi connectivity index (χ2n) is 4.08. The highest BCUT2D eigenvalue weighted by Gasteiger charge is 2.09. The minimum absolute atomic E-state index is 0.174. The number of hydrogen-bond donors (Lipinski definition) is 2. The molecule has 1 aromatic rings. The molecule has 19 heavy (non-hydrogen) atoms. The molecule has 0 aliphatic carbocycles. The van der Waals surface area contributed by atoms with Crippen LogP contribution in [0.25, 0.3) is 0 Å². The third-order valence-electron chi connectivity index (χ3n) is 2.46. The van der Waals surface area contributed by atoms with Crippen molar-refractivity contribution in [1.82, 2.24) is 10.3 Å². The lowest BCUT2D eigenvalue weighted by Gasteiger charge is -2.08. The van der Waals surface area contributed by atoms with Crippen LogP contribution in [0.3, 0.4) is 0 Å². The lowest BCUT2D eigenvalue weighted by atomic mass is 10.2. The fourth-order valence-electron chi connectivity index (χ4n) is 1.46. The number of nitrogens with one attached hydrogen (secondary N) is 2. The van der Waals surface area contributed by atoms with Gasteiger partial charge in [0.1, 0.15) is 5.82 Å². The Bertz CT molecular complexity index is 413. The van der Waals surface area contributed by atoms with E-state index < -0.39 is 0 Å². The number of nitrogens with zero attached hydrogens (tertiary/aromatic N) is 1. The van der Waals surface area contributed by atoms with Crippen molar-refractivity contribution in [3.05, 3.63) is 22.8 Å². The fraction of sp³-hybridized carbons (Fsp3) is 0.538. The van der Waals surface area contributed by atoms with Gasteiger partial charge in [-0.3, -0.25) is 4.79 Å². The lowest BCUT2D eigenvalue weighted by Crippen LogP contribution is -2.25. The molecule has 0 bridgehead atoms. The van der Waals surface area contributed by atoms with Gasteiger partial charge in [-0.1, -0.05) is 18.5 Å². The number of carbonyl (C=O) groups excluding carboxylic acids is 1. The first kappa shape index (κ1) is 15.7. The van der Waals surface area contributed by atoms with E-state index in [2.05, 4.69) is 22.5 Å². The Morgan fingerprint density at radius 2 is 2.26 bits per heavy atom. The van der Waals surface area contributed by atoms with Crippen LogP contribution < -0.4 is 10.6 Å². The third kappa shape index (κ3) is 5.44. The maximum Gasteiger partial charge on any atom is 0.252 e. The summed E-state index contributed by atoms with van der Waals surface area (Å²) in [6.45, 7) is 4.05. The van der Waals surface area contributed by atoms with Crippen LogP contribution >= 0.6 is 11.6 Å². The number of anilines is 1. The zero-order valence-corrected chi connectivity index (χ0v) is 12.1. The number of halogens is 1. The zero-order chi connectivity index (χ0) is 14.1. The van der Waals surface area contributed by atoms with Gasteiger partial charge in [0.2, 0.25) is 0 Å². The predicted molar refractivity (Wildman–Crippen MR) is 76.9 cm³/mol. The Balaban J connectivity index is 2.54.